The van der Waals surface area contributed by atoms with E-state index in [1.54, 1.807) is 6.07 Å². The van der Waals surface area contributed by atoms with E-state index >= 15 is 0 Å². The molecule has 1 atom stereocenters. The summed E-state index contributed by atoms with van der Waals surface area (Å²) in [5.41, 5.74) is 0.373. The number of rotatable bonds is 4. The molecule has 0 spiro atoms. The molecule has 0 fully saturated rings. The Morgan fingerprint density at radius 1 is 1.27 bits per heavy atom. The second-order valence-corrected chi connectivity index (χ2v) is 6.92. The van der Waals surface area contributed by atoms with Gasteiger partial charge in [-0.3, -0.25) is 4.79 Å². The van der Waals surface area contributed by atoms with E-state index in [1.807, 2.05) is 0 Å². The SMILES string of the molecule is CC(=O)NC(NC(=S)Nc1cccc(C(=O)[O-])c1)C(Cl)(Cl)Cl. The van der Waals surface area contributed by atoms with E-state index < -0.39 is 21.8 Å². The van der Waals surface area contributed by atoms with Gasteiger partial charge in [-0.25, -0.2) is 0 Å². The summed E-state index contributed by atoms with van der Waals surface area (Å²) in [5.74, 6) is -1.74. The van der Waals surface area contributed by atoms with E-state index in [1.165, 1.54) is 25.1 Å². The van der Waals surface area contributed by atoms with Crippen molar-refractivity contribution in [1.29, 1.82) is 0 Å². The number of alkyl halides is 3. The van der Waals surface area contributed by atoms with E-state index in [0.29, 0.717) is 5.69 Å². The van der Waals surface area contributed by atoms with Crippen LogP contribution in [0.3, 0.4) is 0 Å². The molecule has 1 unspecified atom stereocenters. The van der Waals surface area contributed by atoms with Gasteiger partial charge in [0.1, 0.15) is 6.17 Å². The highest BCUT2D eigenvalue weighted by molar-refractivity contribution is 7.80. The number of hydrogen-bond donors (Lipinski definition) is 3. The number of halogens is 3. The topological polar surface area (TPSA) is 93.3 Å². The van der Waals surface area contributed by atoms with Gasteiger partial charge in [-0.1, -0.05) is 46.9 Å². The van der Waals surface area contributed by atoms with Gasteiger partial charge >= 0.3 is 0 Å². The summed E-state index contributed by atoms with van der Waals surface area (Å²) in [5, 5.41) is 18.5. The smallest absolute Gasteiger partial charge is 0.228 e. The quantitative estimate of drug-likeness (QED) is 0.410. The number of thiocarbonyl (C=S) groups is 1. The molecule has 0 radical (unpaired) electrons. The first-order valence-electron chi connectivity index (χ1n) is 5.82. The molecule has 120 valence electrons. The molecule has 22 heavy (non-hydrogen) atoms. The van der Waals surface area contributed by atoms with Gasteiger partial charge in [-0.05, 0) is 29.9 Å². The number of carbonyl (C=O) groups excluding carboxylic acids is 2. The number of amides is 1. The van der Waals surface area contributed by atoms with Crippen LogP contribution in [0.25, 0.3) is 0 Å². The van der Waals surface area contributed by atoms with Crippen molar-refractivity contribution in [2.75, 3.05) is 5.32 Å². The Morgan fingerprint density at radius 3 is 2.41 bits per heavy atom. The molecule has 0 aromatic heterocycles. The lowest BCUT2D eigenvalue weighted by Crippen LogP contribution is -2.55. The fourth-order valence-corrected chi connectivity index (χ4v) is 1.99. The zero-order valence-electron chi connectivity index (χ0n) is 11.2. The number of hydrogen-bond acceptors (Lipinski definition) is 4. The zero-order valence-corrected chi connectivity index (χ0v) is 14.2. The van der Waals surface area contributed by atoms with E-state index in [-0.39, 0.29) is 10.7 Å². The van der Waals surface area contributed by atoms with Crippen LogP contribution in [0.4, 0.5) is 5.69 Å². The standard InChI is InChI=1S/C12H12Cl3N3O3S/c1-6(19)16-10(12(13,14)15)18-11(22)17-8-4-2-3-7(5-8)9(20)21/h2-5,10H,1H3,(H,16,19)(H,20,21)(H2,17,18,22)/p-1. The van der Waals surface area contributed by atoms with Crippen molar-refractivity contribution < 1.29 is 14.7 Å². The molecule has 0 saturated heterocycles. The molecule has 0 bridgehead atoms. The van der Waals surface area contributed by atoms with Crippen molar-refractivity contribution in [2.45, 2.75) is 16.9 Å². The molecule has 1 aromatic rings. The van der Waals surface area contributed by atoms with Gasteiger partial charge < -0.3 is 25.9 Å². The second kappa shape index (κ2) is 7.82. The Kier molecular flexibility index (Phi) is 6.67. The molecular formula is C12H11Cl3N3O3S-. The zero-order chi connectivity index (χ0) is 16.9. The molecule has 10 heteroatoms. The molecule has 1 amide bonds. The lowest BCUT2D eigenvalue weighted by Gasteiger charge is -2.27. The normalized spacial score (nSPS) is 12.2. The lowest BCUT2D eigenvalue weighted by atomic mass is 10.2. The molecule has 0 aliphatic carbocycles. The van der Waals surface area contributed by atoms with Crippen LogP contribution in [-0.4, -0.2) is 26.9 Å². The Bertz CT molecular complexity index is 592. The third-order valence-corrected chi connectivity index (χ3v) is 3.18. The minimum atomic E-state index is -1.84. The molecule has 0 saturated carbocycles. The molecule has 1 rings (SSSR count). The number of carboxylic acids is 1. The molecule has 6 nitrogen and oxygen atoms in total. The first-order valence-corrected chi connectivity index (χ1v) is 7.36. The van der Waals surface area contributed by atoms with Crippen molar-refractivity contribution in [1.82, 2.24) is 10.6 Å². The van der Waals surface area contributed by atoms with E-state index in [2.05, 4.69) is 16.0 Å². The third kappa shape index (κ3) is 6.23. The van der Waals surface area contributed by atoms with Crippen LogP contribution in [0.15, 0.2) is 24.3 Å². The van der Waals surface area contributed by atoms with Crippen molar-refractivity contribution in [3.05, 3.63) is 29.8 Å². The van der Waals surface area contributed by atoms with Gasteiger partial charge in [0.15, 0.2) is 5.11 Å². The highest BCUT2D eigenvalue weighted by Crippen LogP contribution is 2.29. The number of benzene rings is 1. The van der Waals surface area contributed by atoms with Crippen LogP contribution in [0.1, 0.15) is 17.3 Å². The first-order chi connectivity index (χ1) is 10.1. The summed E-state index contributed by atoms with van der Waals surface area (Å²) < 4.78 is -1.84. The first kappa shape index (κ1) is 18.8. The summed E-state index contributed by atoms with van der Waals surface area (Å²) in [7, 11) is 0. The maximum absolute atomic E-state index is 11.1. The lowest BCUT2D eigenvalue weighted by molar-refractivity contribution is -0.255. The Hall–Kier alpha value is -1.28. The predicted molar refractivity (Wildman–Crippen MR) is 88.0 cm³/mol. The van der Waals surface area contributed by atoms with Gasteiger partial charge in [-0.2, -0.15) is 0 Å². The summed E-state index contributed by atoms with van der Waals surface area (Å²) in [6.07, 6.45) is -1.07. The summed E-state index contributed by atoms with van der Waals surface area (Å²) >= 11 is 22.2. The van der Waals surface area contributed by atoms with E-state index in [9.17, 15) is 14.7 Å². The van der Waals surface area contributed by atoms with Crippen LogP contribution >= 0.6 is 47.0 Å². The number of anilines is 1. The Labute approximate surface area is 147 Å². The fraction of sp³-hybridized carbons (Fsp3) is 0.250. The van der Waals surface area contributed by atoms with Gasteiger partial charge in [-0.15, -0.1) is 0 Å². The van der Waals surface area contributed by atoms with Gasteiger partial charge in [0.05, 0.1) is 5.97 Å². The molecule has 1 aromatic carbocycles. The number of carboxylic acid groups (broad SMARTS) is 1. The monoisotopic (exact) mass is 382 g/mol. The van der Waals surface area contributed by atoms with Gasteiger partial charge in [0.2, 0.25) is 9.70 Å². The number of carbonyl (C=O) groups is 2. The Morgan fingerprint density at radius 2 is 1.91 bits per heavy atom. The maximum atomic E-state index is 11.1. The molecular weight excluding hydrogens is 373 g/mol. The average Bonchev–Trinajstić information content (AvgIpc) is 2.36. The second-order valence-electron chi connectivity index (χ2n) is 4.14. The van der Waals surface area contributed by atoms with Crippen LogP contribution in [0, 0.1) is 0 Å². The van der Waals surface area contributed by atoms with Crippen molar-refractivity contribution >= 4 is 69.7 Å². The average molecular weight is 384 g/mol. The van der Waals surface area contributed by atoms with Gasteiger partial charge in [0.25, 0.3) is 0 Å². The van der Waals surface area contributed by atoms with E-state index in [0.717, 1.165) is 0 Å². The minimum absolute atomic E-state index is 0.0208. The minimum Gasteiger partial charge on any atom is -0.545 e. The van der Waals surface area contributed by atoms with Gasteiger partial charge in [0, 0.05) is 12.6 Å². The fourth-order valence-electron chi connectivity index (χ4n) is 1.43. The maximum Gasteiger partial charge on any atom is 0.228 e. The highest BCUT2D eigenvalue weighted by Gasteiger charge is 2.33. The molecule has 0 aliphatic rings. The Balaban J connectivity index is 2.77. The van der Waals surface area contributed by atoms with Crippen LogP contribution < -0.4 is 21.1 Å². The number of nitrogens with one attached hydrogen (secondary N) is 3. The van der Waals surface area contributed by atoms with Crippen molar-refractivity contribution in [3.8, 4) is 0 Å². The largest absolute Gasteiger partial charge is 0.545 e. The summed E-state index contributed by atoms with van der Waals surface area (Å²) in [6.45, 7) is 1.25. The highest BCUT2D eigenvalue weighted by atomic mass is 35.6. The van der Waals surface area contributed by atoms with Crippen LogP contribution in [0.5, 0.6) is 0 Å². The number of aromatic carboxylic acids is 1. The molecule has 0 heterocycles. The summed E-state index contributed by atoms with van der Waals surface area (Å²) in [4.78, 5) is 21.9. The van der Waals surface area contributed by atoms with Crippen LogP contribution in [-0.2, 0) is 4.79 Å². The molecule has 3 N–H and O–H groups in total. The summed E-state index contributed by atoms with van der Waals surface area (Å²) in [6, 6.07) is 5.80. The third-order valence-electron chi connectivity index (χ3n) is 2.31. The van der Waals surface area contributed by atoms with Crippen molar-refractivity contribution in [2.24, 2.45) is 0 Å². The van der Waals surface area contributed by atoms with Crippen molar-refractivity contribution in [3.63, 3.8) is 0 Å². The predicted octanol–water partition coefficient (Wildman–Crippen LogP) is 1.17. The molecule has 0 aliphatic heterocycles. The van der Waals surface area contributed by atoms with Crippen LogP contribution in [0.2, 0.25) is 0 Å². The van der Waals surface area contributed by atoms with E-state index in [4.69, 9.17) is 47.0 Å².